The van der Waals surface area contributed by atoms with Crippen LogP contribution in [-0.4, -0.2) is 25.8 Å². The number of hydrogen-bond acceptors (Lipinski definition) is 4. The predicted molar refractivity (Wildman–Crippen MR) is 74.1 cm³/mol. The maximum atomic E-state index is 11.7. The van der Waals surface area contributed by atoms with Crippen LogP contribution in [0.15, 0.2) is 29.2 Å². The van der Waals surface area contributed by atoms with Crippen LogP contribution < -0.4 is 10.5 Å². The Morgan fingerprint density at radius 2 is 2.06 bits per heavy atom. The molecular weight excluding hydrogens is 272 g/mol. The van der Waals surface area contributed by atoms with Gasteiger partial charge in [-0.05, 0) is 18.6 Å². The number of anilines is 1. The van der Waals surface area contributed by atoms with Gasteiger partial charge in [-0.25, -0.2) is 8.42 Å². The molecule has 0 aromatic heterocycles. The van der Waals surface area contributed by atoms with Crippen molar-refractivity contribution < 1.29 is 13.2 Å². The first-order valence-corrected chi connectivity index (χ1v) is 8.09. The minimum atomic E-state index is -3.33. The van der Waals surface area contributed by atoms with E-state index in [9.17, 15) is 13.2 Å². The van der Waals surface area contributed by atoms with Gasteiger partial charge in [-0.3, -0.25) is 9.52 Å². The molecular formula is C11H16N2O3S2. The van der Waals surface area contributed by atoms with Crippen LogP contribution in [0.3, 0.4) is 0 Å². The fourth-order valence-electron chi connectivity index (χ4n) is 1.31. The van der Waals surface area contributed by atoms with Gasteiger partial charge in [-0.15, -0.1) is 11.8 Å². The molecule has 0 heterocycles. The van der Waals surface area contributed by atoms with E-state index in [2.05, 4.69) is 4.72 Å². The minimum absolute atomic E-state index is 0.0713. The van der Waals surface area contributed by atoms with E-state index in [-0.39, 0.29) is 11.5 Å². The average Bonchev–Trinajstić information content (AvgIpc) is 2.27. The molecule has 0 radical (unpaired) electrons. The van der Waals surface area contributed by atoms with Gasteiger partial charge in [0.1, 0.15) is 0 Å². The third-order valence-corrected chi connectivity index (χ3v) is 4.57. The Morgan fingerprint density at radius 1 is 1.39 bits per heavy atom. The van der Waals surface area contributed by atoms with Crippen LogP contribution in [0.2, 0.25) is 0 Å². The van der Waals surface area contributed by atoms with Gasteiger partial charge in [0.15, 0.2) is 0 Å². The van der Waals surface area contributed by atoms with Gasteiger partial charge in [0.2, 0.25) is 15.9 Å². The highest BCUT2D eigenvalue weighted by Gasteiger charge is 2.12. The van der Waals surface area contributed by atoms with Gasteiger partial charge in [-0.1, -0.05) is 19.1 Å². The molecule has 0 spiro atoms. The smallest absolute Gasteiger partial charge is 0.232 e. The van der Waals surface area contributed by atoms with Crippen molar-refractivity contribution in [3.8, 4) is 0 Å². The molecule has 0 unspecified atom stereocenters. The fraction of sp³-hybridized carbons (Fsp3) is 0.364. The van der Waals surface area contributed by atoms with Gasteiger partial charge in [0, 0.05) is 4.90 Å². The zero-order valence-electron chi connectivity index (χ0n) is 10.0. The maximum absolute atomic E-state index is 11.7. The Labute approximate surface area is 111 Å². The summed E-state index contributed by atoms with van der Waals surface area (Å²) < 4.78 is 25.9. The number of thioether (sulfide) groups is 1. The van der Waals surface area contributed by atoms with Crippen molar-refractivity contribution in [3.63, 3.8) is 0 Å². The lowest BCUT2D eigenvalue weighted by atomic mass is 10.3. The van der Waals surface area contributed by atoms with E-state index >= 15 is 0 Å². The lowest BCUT2D eigenvalue weighted by Gasteiger charge is -2.11. The second-order valence-electron chi connectivity index (χ2n) is 3.67. The second kappa shape index (κ2) is 6.65. The summed E-state index contributed by atoms with van der Waals surface area (Å²) in [5.74, 6) is -0.250. The van der Waals surface area contributed by atoms with E-state index in [0.717, 1.165) is 0 Å². The molecule has 0 atom stereocenters. The number of carbonyl (C=O) groups excluding carboxylic acids is 1. The lowest BCUT2D eigenvalue weighted by molar-refractivity contribution is -0.115. The van der Waals surface area contributed by atoms with E-state index in [1.807, 2.05) is 0 Å². The number of benzene rings is 1. The van der Waals surface area contributed by atoms with Crippen molar-refractivity contribution in [2.45, 2.75) is 18.2 Å². The average molecular weight is 288 g/mol. The Balaban J connectivity index is 2.85. The number of amides is 1. The van der Waals surface area contributed by atoms with Gasteiger partial charge >= 0.3 is 0 Å². The van der Waals surface area contributed by atoms with Crippen LogP contribution in [0.25, 0.3) is 0 Å². The third kappa shape index (κ3) is 4.97. The van der Waals surface area contributed by atoms with Crippen molar-refractivity contribution in [2.75, 3.05) is 16.2 Å². The molecule has 100 valence electrons. The van der Waals surface area contributed by atoms with Crippen LogP contribution in [0, 0.1) is 0 Å². The van der Waals surface area contributed by atoms with E-state index in [1.54, 1.807) is 31.2 Å². The largest absolute Gasteiger partial charge is 0.369 e. The van der Waals surface area contributed by atoms with Crippen LogP contribution in [-0.2, 0) is 14.8 Å². The molecule has 0 fully saturated rings. The first-order valence-electron chi connectivity index (χ1n) is 5.45. The van der Waals surface area contributed by atoms with E-state index in [1.165, 1.54) is 11.8 Å². The molecule has 0 aliphatic rings. The quantitative estimate of drug-likeness (QED) is 0.742. The highest BCUT2D eigenvalue weighted by atomic mass is 32.2. The lowest BCUT2D eigenvalue weighted by Crippen LogP contribution is -2.17. The van der Waals surface area contributed by atoms with Crippen molar-refractivity contribution in [2.24, 2.45) is 5.73 Å². The predicted octanol–water partition coefficient (Wildman–Crippen LogP) is 1.42. The summed E-state index contributed by atoms with van der Waals surface area (Å²) in [7, 11) is -3.33. The van der Waals surface area contributed by atoms with Crippen LogP contribution >= 0.6 is 11.8 Å². The highest BCUT2D eigenvalue weighted by molar-refractivity contribution is 8.00. The summed E-state index contributed by atoms with van der Waals surface area (Å²) in [5.41, 5.74) is 5.55. The molecule has 0 aliphatic heterocycles. The van der Waals surface area contributed by atoms with Crippen LogP contribution in [0.1, 0.15) is 13.3 Å². The summed E-state index contributed by atoms with van der Waals surface area (Å²) in [4.78, 5) is 11.4. The molecule has 7 heteroatoms. The second-order valence-corrected chi connectivity index (χ2v) is 6.53. The zero-order chi connectivity index (χ0) is 13.6. The molecule has 3 N–H and O–H groups in total. The summed E-state index contributed by atoms with van der Waals surface area (Å²) in [6.45, 7) is 1.80. The monoisotopic (exact) mass is 288 g/mol. The standard InChI is InChI=1S/C11H16N2O3S2/c1-2-7-18(15,16)13-9-5-3-4-6-10(9)17-8-11(12)14/h3-6,13H,2,7-8H2,1H3,(H2,12,14). The van der Waals surface area contributed by atoms with Crippen molar-refractivity contribution in [3.05, 3.63) is 24.3 Å². The maximum Gasteiger partial charge on any atom is 0.232 e. The number of para-hydroxylation sites is 1. The van der Waals surface area contributed by atoms with Crippen LogP contribution in [0.5, 0.6) is 0 Å². The Morgan fingerprint density at radius 3 is 2.67 bits per heavy atom. The van der Waals surface area contributed by atoms with Gasteiger partial charge in [-0.2, -0.15) is 0 Å². The fourth-order valence-corrected chi connectivity index (χ4v) is 3.28. The number of nitrogens with one attached hydrogen (secondary N) is 1. The van der Waals surface area contributed by atoms with E-state index in [0.29, 0.717) is 17.0 Å². The molecule has 1 rings (SSSR count). The number of sulfonamides is 1. The number of nitrogens with two attached hydrogens (primary N) is 1. The third-order valence-electron chi connectivity index (χ3n) is 2.00. The molecule has 18 heavy (non-hydrogen) atoms. The van der Waals surface area contributed by atoms with Gasteiger partial charge in [0.25, 0.3) is 0 Å². The molecule has 0 saturated carbocycles. The molecule has 0 bridgehead atoms. The minimum Gasteiger partial charge on any atom is -0.369 e. The molecule has 1 aromatic carbocycles. The summed E-state index contributed by atoms with van der Waals surface area (Å²) in [6.07, 6.45) is 0.548. The molecule has 5 nitrogen and oxygen atoms in total. The number of hydrogen-bond donors (Lipinski definition) is 2. The van der Waals surface area contributed by atoms with Crippen LogP contribution in [0.4, 0.5) is 5.69 Å². The van der Waals surface area contributed by atoms with Crippen molar-refractivity contribution in [1.29, 1.82) is 0 Å². The zero-order valence-corrected chi connectivity index (χ0v) is 11.7. The first-order chi connectivity index (χ1) is 8.44. The topological polar surface area (TPSA) is 89.3 Å². The Bertz CT molecular complexity index is 515. The van der Waals surface area contributed by atoms with Crippen molar-refractivity contribution >= 4 is 33.4 Å². The highest BCUT2D eigenvalue weighted by Crippen LogP contribution is 2.27. The van der Waals surface area contributed by atoms with Gasteiger partial charge in [0.05, 0.1) is 17.2 Å². The number of rotatable bonds is 7. The van der Waals surface area contributed by atoms with Crippen molar-refractivity contribution in [1.82, 2.24) is 0 Å². The molecule has 0 saturated heterocycles. The van der Waals surface area contributed by atoms with E-state index in [4.69, 9.17) is 5.73 Å². The Hall–Kier alpha value is -1.21. The summed E-state index contributed by atoms with van der Waals surface area (Å²) in [6, 6.07) is 6.92. The summed E-state index contributed by atoms with van der Waals surface area (Å²) in [5, 5.41) is 0. The Kier molecular flexibility index (Phi) is 5.49. The molecule has 0 aliphatic carbocycles. The first kappa shape index (κ1) is 14.8. The summed E-state index contributed by atoms with van der Waals surface area (Å²) >= 11 is 1.21. The number of carbonyl (C=O) groups is 1. The number of primary amides is 1. The molecule has 1 amide bonds. The molecule has 1 aromatic rings. The van der Waals surface area contributed by atoms with E-state index < -0.39 is 15.9 Å². The normalized spacial score (nSPS) is 11.2. The SMILES string of the molecule is CCCS(=O)(=O)Nc1ccccc1SCC(N)=O. The van der Waals surface area contributed by atoms with Gasteiger partial charge < -0.3 is 5.73 Å².